The summed E-state index contributed by atoms with van der Waals surface area (Å²) in [6, 6.07) is 8.95. The Morgan fingerprint density at radius 3 is 2.81 bits per heavy atom. The normalized spacial score (nSPS) is 20.9. The van der Waals surface area contributed by atoms with Crippen molar-refractivity contribution in [2.75, 3.05) is 18.0 Å². The lowest BCUT2D eigenvalue weighted by Crippen LogP contribution is -2.39. The van der Waals surface area contributed by atoms with Crippen molar-refractivity contribution in [2.45, 2.75) is 32.2 Å². The van der Waals surface area contributed by atoms with Gasteiger partial charge in [-0.25, -0.2) is 0 Å². The molecule has 0 spiro atoms. The van der Waals surface area contributed by atoms with Gasteiger partial charge >= 0.3 is 0 Å². The number of nitrogens with two attached hydrogens (primary N) is 1. The Morgan fingerprint density at radius 1 is 1.44 bits per heavy atom. The Labute approximate surface area is 104 Å². The largest absolute Gasteiger partial charge is 0.370 e. The molecule has 2 nitrogen and oxygen atoms in total. The predicted molar refractivity (Wildman–Crippen MR) is 72.6 cm³/mol. The molecule has 2 N–H and O–H groups in total. The summed E-state index contributed by atoms with van der Waals surface area (Å²) < 4.78 is 0. The Morgan fingerprint density at radius 2 is 2.12 bits per heavy atom. The molecule has 1 aliphatic heterocycles. The fraction of sp³-hybridized carbons (Fsp3) is 0.538. The zero-order valence-electron chi connectivity index (χ0n) is 10.0. The average Bonchev–Trinajstić information content (AvgIpc) is 2.22. The van der Waals surface area contributed by atoms with Gasteiger partial charge < -0.3 is 10.6 Å². The van der Waals surface area contributed by atoms with E-state index >= 15 is 0 Å². The van der Waals surface area contributed by atoms with Gasteiger partial charge in [0.05, 0.1) is 0 Å². The zero-order chi connectivity index (χ0) is 10.8. The first kappa shape index (κ1) is 13.3. The van der Waals surface area contributed by atoms with Crippen LogP contribution in [0.25, 0.3) is 0 Å². The lowest BCUT2D eigenvalue weighted by Gasteiger charge is -2.35. The van der Waals surface area contributed by atoms with Crippen molar-refractivity contribution in [1.82, 2.24) is 0 Å². The number of nitrogens with zero attached hydrogens (tertiary/aromatic N) is 1. The standard InChI is InChI=1S/C13H20N2.ClH/c1-10-7-8-15(9-11(2)14)13-6-4-3-5-12(10)13;/h3-6,10-11H,7-9,14H2,1-2H3;1H. The number of hydrogen-bond donors (Lipinski definition) is 1. The smallest absolute Gasteiger partial charge is 0.0402 e. The quantitative estimate of drug-likeness (QED) is 0.862. The minimum Gasteiger partial charge on any atom is -0.370 e. The SMILES string of the molecule is CC(N)CN1CCC(C)c2ccccc21.Cl. The van der Waals surface area contributed by atoms with Crippen LogP contribution in [0.15, 0.2) is 24.3 Å². The lowest BCUT2D eigenvalue weighted by atomic mass is 9.91. The molecular formula is C13H21ClN2. The molecular weight excluding hydrogens is 220 g/mol. The summed E-state index contributed by atoms with van der Waals surface area (Å²) in [6.07, 6.45) is 1.24. The summed E-state index contributed by atoms with van der Waals surface area (Å²) in [5.74, 6) is 0.686. The fourth-order valence-corrected chi connectivity index (χ4v) is 2.35. The molecule has 0 saturated heterocycles. The highest BCUT2D eigenvalue weighted by Crippen LogP contribution is 2.34. The molecule has 1 heterocycles. The summed E-state index contributed by atoms with van der Waals surface area (Å²) in [6.45, 7) is 6.48. The van der Waals surface area contributed by atoms with E-state index in [1.165, 1.54) is 17.7 Å². The third-order valence-corrected chi connectivity index (χ3v) is 3.15. The van der Waals surface area contributed by atoms with E-state index in [0.29, 0.717) is 5.92 Å². The predicted octanol–water partition coefficient (Wildman–Crippen LogP) is 2.77. The van der Waals surface area contributed by atoms with Crippen LogP contribution < -0.4 is 10.6 Å². The maximum atomic E-state index is 5.87. The van der Waals surface area contributed by atoms with Crippen molar-refractivity contribution in [1.29, 1.82) is 0 Å². The number of halogens is 1. The molecule has 2 unspecified atom stereocenters. The van der Waals surface area contributed by atoms with E-state index in [-0.39, 0.29) is 18.4 Å². The molecule has 0 amide bonds. The molecule has 2 rings (SSSR count). The highest BCUT2D eigenvalue weighted by Gasteiger charge is 2.21. The van der Waals surface area contributed by atoms with Gasteiger partial charge in [0.15, 0.2) is 0 Å². The number of fused-ring (bicyclic) bond motifs is 1. The van der Waals surface area contributed by atoms with Crippen LogP contribution in [0.2, 0.25) is 0 Å². The van der Waals surface area contributed by atoms with Crippen LogP contribution in [0.5, 0.6) is 0 Å². The van der Waals surface area contributed by atoms with Crippen LogP contribution in [-0.2, 0) is 0 Å². The van der Waals surface area contributed by atoms with Gasteiger partial charge in [-0.2, -0.15) is 0 Å². The van der Waals surface area contributed by atoms with Gasteiger partial charge in [0.1, 0.15) is 0 Å². The van der Waals surface area contributed by atoms with E-state index < -0.39 is 0 Å². The van der Waals surface area contributed by atoms with Crippen LogP contribution in [0.1, 0.15) is 31.7 Å². The number of anilines is 1. The van der Waals surface area contributed by atoms with Crippen LogP contribution >= 0.6 is 12.4 Å². The van der Waals surface area contributed by atoms with Crippen LogP contribution in [0.3, 0.4) is 0 Å². The summed E-state index contributed by atoms with van der Waals surface area (Å²) in [4.78, 5) is 2.42. The lowest BCUT2D eigenvalue weighted by molar-refractivity contribution is 0.584. The second-order valence-electron chi connectivity index (χ2n) is 4.67. The molecule has 3 heteroatoms. The number of hydrogen-bond acceptors (Lipinski definition) is 2. The first-order valence-corrected chi connectivity index (χ1v) is 5.78. The highest BCUT2D eigenvalue weighted by atomic mass is 35.5. The fourth-order valence-electron chi connectivity index (χ4n) is 2.35. The molecule has 1 aliphatic rings. The van der Waals surface area contributed by atoms with Crippen LogP contribution in [0.4, 0.5) is 5.69 Å². The molecule has 0 radical (unpaired) electrons. The van der Waals surface area contributed by atoms with E-state index in [2.05, 4.69) is 43.0 Å². The van der Waals surface area contributed by atoms with Crippen LogP contribution in [-0.4, -0.2) is 19.1 Å². The van der Waals surface area contributed by atoms with E-state index in [0.717, 1.165) is 13.1 Å². The Bertz CT molecular complexity index is 338. The first-order chi connectivity index (χ1) is 7.18. The summed E-state index contributed by atoms with van der Waals surface area (Å²) >= 11 is 0. The molecule has 0 aliphatic carbocycles. The van der Waals surface area contributed by atoms with Gasteiger partial charge in [0, 0.05) is 24.8 Å². The Balaban J connectivity index is 0.00000128. The van der Waals surface area contributed by atoms with Gasteiger partial charge in [0.2, 0.25) is 0 Å². The third-order valence-electron chi connectivity index (χ3n) is 3.15. The van der Waals surface area contributed by atoms with E-state index in [4.69, 9.17) is 5.73 Å². The first-order valence-electron chi connectivity index (χ1n) is 5.78. The van der Waals surface area contributed by atoms with Crippen LogP contribution in [0, 0.1) is 0 Å². The molecule has 0 aromatic heterocycles. The Kier molecular flexibility index (Phi) is 4.63. The van der Waals surface area contributed by atoms with E-state index in [9.17, 15) is 0 Å². The topological polar surface area (TPSA) is 29.3 Å². The monoisotopic (exact) mass is 240 g/mol. The molecule has 90 valence electrons. The summed E-state index contributed by atoms with van der Waals surface area (Å²) in [5.41, 5.74) is 8.73. The molecule has 16 heavy (non-hydrogen) atoms. The van der Waals surface area contributed by atoms with Crippen molar-refractivity contribution >= 4 is 18.1 Å². The minimum absolute atomic E-state index is 0. The number of para-hydroxylation sites is 1. The second-order valence-corrected chi connectivity index (χ2v) is 4.67. The molecule has 1 aromatic rings. The average molecular weight is 241 g/mol. The number of benzene rings is 1. The van der Waals surface area contributed by atoms with Crippen molar-refractivity contribution in [3.63, 3.8) is 0 Å². The van der Waals surface area contributed by atoms with Gasteiger partial charge in [0.25, 0.3) is 0 Å². The maximum Gasteiger partial charge on any atom is 0.0402 e. The van der Waals surface area contributed by atoms with E-state index in [1.54, 1.807) is 0 Å². The molecule has 1 aromatic carbocycles. The van der Waals surface area contributed by atoms with Gasteiger partial charge in [-0.1, -0.05) is 25.1 Å². The highest BCUT2D eigenvalue weighted by molar-refractivity contribution is 5.85. The van der Waals surface area contributed by atoms with Crippen molar-refractivity contribution in [3.05, 3.63) is 29.8 Å². The second kappa shape index (κ2) is 5.55. The minimum atomic E-state index is 0. The van der Waals surface area contributed by atoms with Gasteiger partial charge in [-0.3, -0.25) is 0 Å². The Hall–Kier alpha value is -0.730. The zero-order valence-corrected chi connectivity index (χ0v) is 10.8. The molecule has 0 bridgehead atoms. The number of rotatable bonds is 2. The molecule has 2 atom stereocenters. The summed E-state index contributed by atoms with van der Waals surface area (Å²) in [7, 11) is 0. The van der Waals surface area contributed by atoms with Crippen molar-refractivity contribution < 1.29 is 0 Å². The summed E-state index contributed by atoms with van der Waals surface area (Å²) in [5, 5.41) is 0. The molecule has 0 saturated carbocycles. The van der Waals surface area contributed by atoms with Crippen molar-refractivity contribution in [3.8, 4) is 0 Å². The van der Waals surface area contributed by atoms with Gasteiger partial charge in [-0.15, -0.1) is 12.4 Å². The maximum absolute atomic E-state index is 5.87. The third kappa shape index (κ3) is 2.69. The van der Waals surface area contributed by atoms with E-state index in [1.807, 2.05) is 0 Å². The molecule has 0 fully saturated rings. The van der Waals surface area contributed by atoms with Gasteiger partial charge in [-0.05, 0) is 30.9 Å². The van der Waals surface area contributed by atoms with Crippen molar-refractivity contribution in [2.24, 2.45) is 5.73 Å².